The standard InChI is InChI=1S/C28H36N4O4/c1-20-6-10-23(11-7-20)29-28(35)32-18-14-21(15-19-32)25(27(34)31-16-4-3-5-17-31)30-26(33)22-8-12-24(36-2)13-9-22/h6-13,21,25H,3-5,14-19H2,1-2H3,(H,29,35)(H,30,33)/t25-/m1/s1. The van der Waals surface area contributed by atoms with E-state index in [0.29, 0.717) is 37.2 Å². The van der Waals surface area contributed by atoms with E-state index in [1.807, 2.05) is 36.1 Å². The van der Waals surface area contributed by atoms with Crippen LogP contribution in [0.4, 0.5) is 10.5 Å². The van der Waals surface area contributed by atoms with Crippen molar-refractivity contribution in [2.75, 3.05) is 38.6 Å². The summed E-state index contributed by atoms with van der Waals surface area (Å²) in [4.78, 5) is 43.1. The molecule has 0 bridgehead atoms. The minimum Gasteiger partial charge on any atom is -0.497 e. The van der Waals surface area contributed by atoms with Gasteiger partial charge in [-0.1, -0.05) is 17.7 Å². The Bertz CT molecular complexity index is 1040. The molecule has 2 saturated heterocycles. The number of methoxy groups -OCH3 is 1. The van der Waals surface area contributed by atoms with Crippen molar-refractivity contribution in [3.63, 3.8) is 0 Å². The van der Waals surface area contributed by atoms with Gasteiger partial charge in [-0.3, -0.25) is 9.59 Å². The molecule has 0 radical (unpaired) electrons. The summed E-state index contributed by atoms with van der Waals surface area (Å²) in [5.41, 5.74) is 2.38. The quantitative estimate of drug-likeness (QED) is 0.636. The third-order valence-corrected chi connectivity index (χ3v) is 7.17. The number of carbonyl (C=O) groups is 3. The van der Waals surface area contributed by atoms with Crippen LogP contribution in [0, 0.1) is 12.8 Å². The second kappa shape index (κ2) is 11.9. The molecule has 2 aromatic rings. The smallest absolute Gasteiger partial charge is 0.321 e. The molecule has 0 unspecified atom stereocenters. The Morgan fingerprint density at radius 2 is 1.50 bits per heavy atom. The highest BCUT2D eigenvalue weighted by molar-refractivity contribution is 5.97. The summed E-state index contributed by atoms with van der Waals surface area (Å²) >= 11 is 0. The van der Waals surface area contributed by atoms with Crippen LogP contribution in [0.3, 0.4) is 0 Å². The molecule has 2 aliphatic rings. The zero-order valence-corrected chi connectivity index (χ0v) is 21.2. The molecule has 8 heteroatoms. The van der Waals surface area contributed by atoms with Crippen LogP contribution in [-0.2, 0) is 4.79 Å². The fourth-order valence-electron chi connectivity index (χ4n) is 4.93. The number of hydrogen-bond donors (Lipinski definition) is 2. The molecule has 36 heavy (non-hydrogen) atoms. The van der Waals surface area contributed by atoms with Gasteiger partial charge in [0.1, 0.15) is 11.8 Å². The lowest BCUT2D eigenvalue weighted by Gasteiger charge is -2.38. The van der Waals surface area contributed by atoms with Crippen molar-refractivity contribution in [3.05, 3.63) is 59.7 Å². The number of anilines is 1. The summed E-state index contributed by atoms with van der Waals surface area (Å²) in [6.07, 6.45) is 4.40. The maximum atomic E-state index is 13.5. The van der Waals surface area contributed by atoms with E-state index in [9.17, 15) is 14.4 Å². The number of aryl methyl sites for hydroxylation is 1. The van der Waals surface area contributed by atoms with Gasteiger partial charge in [0.15, 0.2) is 0 Å². The molecule has 0 spiro atoms. The fourth-order valence-corrected chi connectivity index (χ4v) is 4.93. The van der Waals surface area contributed by atoms with Crippen LogP contribution >= 0.6 is 0 Å². The van der Waals surface area contributed by atoms with Crippen molar-refractivity contribution in [1.29, 1.82) is 0 Å². The van der Waals surface area contributed by atoms with Crippen LogP contribution in [-0.4, -0.2) is 67.0 Å². The van der Waals surface area contributed by atoms with Crippen LogP contribution in [0.5, 0.6) is 5.75 Å². The highest BCUT2D eigenvalue weighted by Gasteiger charge is 2.36. The summed E-state index contributed by atoms with van der Waals surface area (Å²) in [6, 6.07) is 13.8. The topological polar surface area (TPSA) is 91.0 Å². The number of nitrogens with zero attached hydrogens (tertiary/aromatic N) is 2. The largest absolute Gasteiger partial charge is 0.497 e. The number of ether oxygens (including phenoxy) is 1. The first-order chi connectivity index (χ1) is 17.4. The number of amides is 4. The van der Waals surface area contributed by atoms with Crippen LogP contribution in [0.1, 0.15) is 48.0 Å². The van der Waals surface area contributed by atoms with E-state index in [2.05, 4.69) is 10.6 Å². The summed E-state index contributed by atoms with van der Waals surface area (Å²) < 4.78 is 5.18. The Kier molecular flexibility index (Phi) is 8.46. The van der Waals surface area contributed by atoms with E-state index in [0.717, 1.165) is 43.6 Å². The zero-order valence-electron chi connectivity index (χ0n) is 21.2. The molecule has 4 amide bonds. The van der Waals surface area contributed by atoms with Gasteiger partial charge in [-0.05, 0) is 81.3 Å². The molecule has 2 aromatic carbocycles. The molecule has 0 aromatic heterocycles. The molecule has 0 aliphatic carbocycles. The van der Waals surface area contributed by atoms with Gasteiger partial charge >= 0.3 is 6.03 Å². The first kappa shape index (κ1) is 25.5. The highest BCUT2D eigenvalue weighted by atomic mass is 16.5. The van der Waals surface area contributed by atoms with Gasteiger partial charge in [-0.25, -0.2) is 4.79 Å². The summed E-state index contributed by atoms with van der Waals surface area (Å²) in [6.45, 7) is 4.53. The Labute approximate surface area is 213 Å². The van der Waals surface area contributed by atoms with E-state index in [4.69, 9.17) is 4.74 Å². The highest BCUT2D eigenvalue weighted by Crippen LogP contribution is 2.25. The van der Waals surface area contributed by atoms with Gasteiger partial charge < -0.3 is 25.2 Å². The summed E-state index contributed by atoms with van der Waals surface area (Å²) in [5, 5.41) is 5.99. The first-order valence-corrected chi connectivity index (χ1v) is 12.8. The molecule has 2 fully saturated rings. The maximum Gasteiger partial charge on any atom is 0.321 e. The second-order valence-electron chi connectivity index (χ2n) is 9.69. The van der Waals surface area contributed by atoms with Gasteiger partial charge in [-0.15, -0.1) is 0 Å². The Balaban J connectivity index is 1.41. The van der Waals surface area contributed by atoms with Crippen molar-refractivity contribution in [3.8, 4) is 5.75 Å². The number of piperidine rings is 2. The SMILES string of the molecule is COc1ccc(C(=O)N[C@@H](C(=O)N2CCCCC2)C2CCN(C(=O)Nc3ccc(C)cc3)CC2)cc1. The number of rotatable bonds is 6. The van der Waals surface area contributed by atoms with E-state index in [1.54, 1.807) is 36.3 Å². The molecule has 2 N–H and O–H groups in total. The van der Waals surface area contributed by atoms with Crippen molar-refractivity contribution in [1.82, 2.24) is 15.1 Å². The van der Waals surface area contributed by atoms with Crippen LogP contribution in [0.25, 0.3) is 0 Å². The zero-order chi connectivity index (χ0) is 25.5. The Morgan fingerprint density at radius 1 is 0.861 bits per heavy atom. The maximum absolute atomic E-state index is 13.5. The van der Waals surface area contributed by atoms with Crippen molar-refractivity contribution in [2.45, 2.75) is 45.1 Å². The number of urea groups is 1. The Hall–Kier alpha value is -3.55. The van der Waals surface area contributed by atoms with E-state index in [-0.39, 0.29) is 23.8 Å². The molecular weight excluding hydrogens is 456 g/mol. The molecule has 192 valence electrons. The number of hydrogen-bond acceptors (Lipinski definition) is 4. The number of benzene rings is 2. The molecular formula is C28H36N4O4. The third kappa shape index (κ3) is 6.36. The van der Waals surface area contributed by atoms with E-state index < -0.39 is 6.04 Å². The van der Waals surface area contributed by atoms with Gasteiger partial charge in [-0.2, -0.15) is 0 Å². The Morgan fingerprint density at radius 3 is 2.11 bits per heavy atom. The first-order valence-electron chi connectivity index (χ1n) is 12.8. The minimum absolute atomic E-state index is 0.0147. The van der Waals surface area contributed by atoms with E-state index in [1.165, 1.54) is 0 Å². The predicted molar refractivity (Wildman–Crippen MR) is 139 cm³/mol. The predicted octanol–water partition coefficient (Wildman–Crippen LogP) is 4.06. The minimum atomic E-state index is -0.611. The lowest BCUT2D eigenvalue weighted by molar-refractivity contribution is -0.136. The van der Waals surface area contributed by atoms with Crippen molar-refractivity contribution < 1.29 is 19.1 Å². The number of carbonyl (C=O) groups excluding carboxylic acids is 3. The van der Waals surface area contributed by atoms with Gasteiger partial charge in [0.2, 0.25) is 5.91 Å². The van der Waals surface area contributed by atoms with Crippen molar-refractivity contribution >= 4 is 23.5 Å². The fraction of sp³-hybridized carbons (Fsp3) is 0.464. The van der Waals surface area contributed by atoms with Crippen LogP contribution in [0.2, 0.25) is 0 Å². The van der Waals surface area contributed by atoms with Gasteiger partial charge in [0.25, 0.3) is 5.91 Å². The molecule has 8 nitrogen and oxygen atoms in total. The average molecular weight is 493 g/mol. The van der Waals surface area contributed by atoms with Crippen LogP contribution in [0.15, 0.2) is 48.5 Å². The molecule has 0 saturated carbocycles. The average Bonchev–Trinajstić information content (AvgIpc) is 2.93. The number of likely N-dealkylation sites (tertiary alicyclic amines) is 2. The second-order valence-corrected chi connectivity index (χ2v) is 9.69. The number of nitrogens with one attached hydrogen (secondary N) is 2. The van der Waals surface area contributed by atoms with Crippen LogP contribution < -0.4 is 15.4 Å². The van der Waals surface area contributed by atoms with E-state index >= 15 is 0 Å². The van der Waals surface area contributed by atoms with Gasteiger partial charge in [0, 0.05) is 37.4 Å². The molecule has 4 rings (SSSR count). The third-order valence-electron chi connectivity index (χ3n) is 7.17. The normalized spacial score (nSPS) is 17.3. The molecule has 2 aliphatic heterocycles. The lowest BCUT2D eigenvalue weighted by atomic mass is 9.88. The molecule has 2 heterocycles. The van der Waals surface area contributed by atoms with Gasteiger partial charge in [0.05, 0.1) is 7.11 Å². The monoisotopic (exact) mass is 492 g/mol. The molecule has 1 atom stereocenters. The summed E-state index contributed by atoms with van der Waals surface area (Å²) in [5.74, 6) is 0.348. The van der Waals surface area contributed by atoms with Crippen molar-refractivity contribution in [2.24, 2.45) is 5.92 Å². The summed E-state index contributed by atoms with van der Waals surface area (Å²) in [7, 11) is 1.58. The lowest BCUT2D eigenvalue weighted by Crippen LogP contribution is -2.55.